The first-order valence-electron chi connectivity index (χ1n) is 5.08. The maximum Gasteiger partial charge on any atom is 0.178 e. The van der Waals surface area contributed by atoms with E-state index in [2.05, 4.69) is 0 Å². The third-order valence-corrected chi connectivity index (χ3v) is 2.94. The SMILES string of the molecule is COc1cc(C(=O)CN)c(Cl)c2cc(C)oc12. The Hall–Kier alpha value is -1.52. The summed E-state index contributed by atoms with van der Waals surface area (Å²) in [6, 6.07) is 3.33. The molecule has 2 rings (SSSR count). The molecule has 1 heterocycles. The fourth-order valence-corrected chi connectivity index (χ4v) is 2.03. The van der Waals surface area contributed by atoms with Gasteiger partial charge in [0, 0.05) is 10.9 Å². The van der Waals surface area contributed by atoms with E-state index in [0.29, 0.717) is 33.1 Å². The topological polar surface area (TPSA) is 65.5 Å². The average Bonchev–Trinajstić information content (AvgIpc) is 2.71. The summed E-state index contributed by atoms with van der Waals surface area (Å²) in [6.45, 7) is 1.71. The smallest absolute Gasteiger partial charge is 0.178 e. The van der Waals surface area contributed by atoms with Gasteiger partial charge in [0.15, 0.2) is 17.1 Å². The molecule has 0 radical (unpaired) electrons. The van der Waals surface area contributed by atoms with Crippen molar-refractivity contribution in [3.63, 3.8) is 0 Å². The molecule has 4 nitrogen and oxygen atoms in total. The van der Waals surface area contributed by atoms with Crippen LogP contribution >= 0.6 is 11.6 Å². The van der Waals surface area contributed by atoms with Gasteiger partial charge in [-0.1, -0.05) is 11.6 Å². The van der Waals surface area contributed by atoms with E-state index in [0.717, 1.165) is 0 Å². The standard InChI is InChI=1S/C12H12ClNO3/c1-6-3-8-11(13)7(9(15)5-14)4-10(16-2)12(8)17-6/h3-4H,5,14H2,1-2H3. The average molecular weight is 254 g/mol. The number of ether oxygens (including phenoxy) is 1. The molecule has 5 heteroatoms. The lowest BCUT2D eigenvalue weighted by molar-refractivity contribution is 0.100. The van der Waals surface area contributed by atoms with Crippen molar-refractivity contribution < 1.29 is 13.9 Å². The van der Waals surface area contributed by atoms with Gasteiger partial charge in [0.25, 0.3) is 0 Å². The summed E-state index contributed by atoms with van der Waals surface area (Å²) in [5.41, 5.74) is 6.25. The van der Waals surface area contributed by atoms with Gasteiger partial charge in [-0.05, 0) is 19.1 Å². The molecule has 90 valence electrons. The van der Waals surface area contributed by atoms with E-state index >= 15 is 0 Å². The number of aryl methyl sites for hydroxylation is 1. The Morgan fingerprint density at radius 3 is 2.82 bits per heavy atom. The molecule has 0 saturated heterocycles. The molecule has 1 aromatic carbocycles. The molecule has 1 aromatic heterocycles. The van der Waals surface area contributed by atoms with E-state index in [1.54, 1.807) is 19.1 Å². The molecule has 0 spiro atoms. The van der Waals surface area contributed by atoms with Crippen molar-refractivity contribution >= 4 is 28.4 Å². The number of Topliss-reactive ketones (excluding diaryl/α,β-unsaturated/α-hetero) is 1. The Balaban J connectivity index is 2.79. The largest absolute Gasteiger partial charge is 0.493 e. The van der Waals surface area contributed by atoms with Crippen molar-refractivity contribution in [2.75, 3.05) is 13.7 Å². The number of hydrogen-bond donors (Lipinski definition) is 1. The minimum Gasteiger partial charge on any atom is -0.493 e. The number of methoxy groups -OCH3 is 1. The molecule has 17 heavy (non-hydrogen) atoms. The first kappa shape index (κ1) is 12.0. The molecule has 0 aliphatic carbocycles. The van der Waals surface area contributed by atoms with Crippen LogP contribution in [-0.2, 0) is 0 Å². The van der Waals surface area contributed by atoms with Gasteiger partial charge in [-0.2, -0.15) is 0 Å². The normalized spacial score (nSPS) is 10.8. The second-order valence-electron chi connectivity index (χ2n) is 3.67. The molecule has 0 bridgehead atoms. The highest BCUT2D eigenvalue weighted by molar-refractivity contribution is 6.39. The number of nitrogens with two attached hydrogens (primary N) is 1. The van der Waals surface area contributed by atoms with Gasteiger partial charge in [-0.25, -0.2) is 0 Å². The zero-order valence-corrected chi connectivity index (χ0v) is 10.3. The fourth-order valence-electron chi connectivity index (χ4n) is 1.73. The maximum atomic E-state index is 11.7. The second-order valence-corrected chi connectivity index (χ2v) is 4.05. The van der Waals surface area contributed by atoms with Gasteiger partial charge < -0.3 is 14.9 Å². The molecular formula is C12H12ClNO3. The molecule has 0 unspecified atom stereocenters. The summed E-state index contributed by atoms with van der Waals surface area (Å²) < 4.78 is 10.7. The van der Waals surface area contributed by atoms with Crippen molar-refractivity contribution in [3.8, 4) is 5.75 Å². The quantitative estimate of drug-likeness (QED) is 0.854. The molecular weight excluding hydrogens is 242 g/mol. The Kier molecular flexibility index (Phi) is 3.09. The third-order valence-electron chi connectivity index (χ3n) is 2.53. The van der Waals surface area contributed by atoms with Crippen molar-refractivity contribution in [3.05, 3.63) is 28.5 Å². The van der Waals surface area contributed by atoms with E-state index in [4.69, 9.17) is 26.5 Å². The number of benzene rings is 1. The Bertz CT molecular complexity index is 589. The number of halogens is 1. The number of furan rings is 1. The predicted molar refractivity (Wildman–Crippen MR) is 65.9 cm³/mol. The molecule has 2 aromatic rings. The molecule has 2 N–H and O–H groups in total. The summed E-state index contributed by atoms with van der Waals surface area (Å²) in [6.07, 6.45) is 0. The summed E-state index contributed by atoms with van der Waals surface area (Å²) in [5, 5.41) is 1.02. The predicted octanol–water partition coefficient (Wildman–Crippen LogP) is 2.54. The lowest BCUT2D eigenvalue weighted by Crippen LogP contribution is -2.14. The van der Waals surface area contributed by atoms with Crippen molar-refractivity contribution in [1.82, 2.24) is 0 Å². The van der Waals surface area contributed by atoms with E-state index in [1.807, 2.05) is 0 Å². The van der Waals surface area contributed by atoms with Crippen LogP contribution in [0.25, 0.3) is 11.0 Å². The Morgan fingerprint density at radius 1 is 1.53 bits per heavy atom. The summed E-state index contributed by atoms with van der Waals surface area (Å²) in [5.74, 6) is 0.959. The molecule has 0 fully saturated rings. The first-order chi connectivity index (χ1) is 8.08. The zero-order chi connectivity index (χ0) is 12.6. The molecule has 0 amide bonds. The lowest BCUT2D eigenvalue weighted by Gasteiger charge is -2.06. The van der Waals surface area contributed by atoms with Crippen LogP contribution in [0.1, 0.15) is 16.1 Å². The van der Waals surface area contributed by atoms with Gasteiger partial charge in [0.05, 0.1) is 18.7 Å². The number of hydrogen-bond acceptors (Lipinski definition) is 4. The number of rotatable bonds is 3. The summed E-state index contributed by atoms with van der Waals surface area (Å²) >= 11 is 6.17. The van der Waals surface area contributed by atoms with E-state index in [9.17, 15) is 4.79 Å². The molecule has 0 aliphatic heterocycles. The summed E-state index contributed by atoms with van der Waals surface area (Å²) in [4.78, 5) is 11.7. The zero-order valence-electron chi connectivity index (χ0n) is 9.54. The van der Waals surface area contributed by atoms with Crippen LogP contribution in [0.3, 0.4) is 0 Å². The lowest BCUT2D eigenvalue weighted by atomic mass is 10.1. The van der Waals surface area contributed by atoms with E-state index in [1.165, 1.54) is 7.11 Å². The number of ketones is 1. The summed E-state index contributed by atoms with van der Waals surface area (Å²) in [7, 11) is 1.51. The van der Waals surface area contributed by atoms with E-state index in [-0.39, 0.29) is 12.3 Å². The van der Waals surface area contributed by atoms with Crippen molar-refractivity contribution in [2.24, 2.45) is 5.73 Å². The maximum absolute atomic E-state index is 11.7. The molecule has 0 atom stereocenters. The van der Waals surface area contributed by atoms with Gasteiger partial charge in [0.1, 0.15) is 5.76 Å². The first-order valence-corrected chi connectivity index (χ1v) is 5.46. The van der Waals surface area contributed by atoms with Crippen molar-refractivity contribution in [1.29, 1.82) is 0 Å². The number of carbonyl (C=O) groups is 1. The van der Waals surface area contributed by atoms with Crippen LogP contribution in [0.15, 0.2) is 16.5 Å². The van der Waals surface area contributed by atoms with Crippen LogP contribution in [0.5, 0.6) is 5.75 Å². The molecule has 0 aliphatic rings. The highest BCUT2D eigenvalue weighted by Crippen LogP contribution is 2.36. The highest BCUT2D eigenvalue weighted by atomic mass is 35.5. The van der Waals surface area contributed by atoms with Crippen LogP contribution < -0.4 is 10.5 Å². The second kappa shape index (κ2) is 4.39. The van der Waals surface area contributed by atoms with Gasteiger partial charge in [-0.15, -0.1) is 0 Å². The Labute approximate surface area is 103 Å². The minimum absolute atomic E-state index is 0.0920. The van der Waals surface area contributed by atoms with Crippen LogP contribution in [-0.4, -0.2) is 19.4 Å². The Morgan fingerprint density at radius 2 is 2.24 bits per heavy atom. The highest BCUT2D eigenvalue weighted by Gasteiger charge is 2.18. The number of fused-ring (bicyclic) bond motifs is 1. The van der Waals surface area contributed by atoms with Gasteiger partial charge in [-0.3, -0.25) is 4.79 Å². The third kappa shape index (κ3) is 1.90. The van der Waals surface area contributed by atoms with Crippen molar-refractivity contribution in [2.45, 2.75) is 6.92 Å². The molecule has 0 saturated carbocycles. The van der Waals surface area contributed by atoms with Crippen LogP contribution in [0.4, 0.5) is 0 Å². The monoisotopic (exact) mass is 253 g/mol. The fraction of sp³-hybridized carbons (Fsp3) is 0.250. The minimum atomic E-state index is -0.228. The van der Waals surface area contributed by atoms with Crippen LogP contribution in [0.2, 0.25) is 5.02 Å². The van der Waals surface area contributed by atoms with Gasteiger partial charge >= 0.3 is 0 Å². The number of carbonyl (C=O) groups excluding carboxylic acids is 1. The van der Waals surface area contributed by atoms with Gasteiger partial charge in [0.2, 0.25) is 0 Å². The van der Waals surface area contributed by atoms with E-state index < -0.39 is 0 Å². The van der Waals surface area contributed by atoms with Crippen LogP contribution in [0, 0.1) is 6.92 Å².